The Morgan fingerprint density at radius 2 is 2.06 bits per heavy atom. The summed E-state index contributed by atoms with van der Waals surface area (Å²) >= 11 is 0. The highest BCUT2D eigenvalue weighted by molar-refractivity contribution is 5.41. The molecule has 0 aliphatic carbocycles. The zero-order valence-electron chi connectivity index (χ0n) is 10.1. The van der Waals surface area contributed by atoms with E-state index in [9.17, 15) is 15.3 Å². The smallest absolute Gasteiger partial charge is 0.128 e. The van der Waals surface area contributed by atoms with E-state index in [-0.39, 0.29) is 5.75 Å². The molecule has 5 heteroatoms. The monoisotopic (exact) mass is 241 g/mol. The van der Waals surface area contributed by atoms with Crippen LogP contribution < -0.4 is 10.1 Å². The first-order chi connectivity index (χ1) is 8.10. The number of phenols is 1. The normalized spacial score (nSPS) is 14.4. The van der Waals surface area contributed by atoms with Gasteiger partial charge in [-0.1, -0.05) is 0 Å². The van der Waals surface area contributed by atoms with E-state index in [0.717, 1.165) is 0 Å². The number of rotatable bonds is 6. The van der Waals surface area contributed by atoms with Crippen LogP contribution in [0.5, 0.6) is 11.5 Å². The van der Waals surface area contributed by atoms with Crippen molar-refractivity contribution in [3.8, 4) is 11.5 Å². The van der Waals surface area contributed by atoms with E-state index in [1.165, 1.54) is 19.2 Å². The van der Waals surface area contributed by atoms with E-state index in [0.29, 0.717) is 24.3 Å². The molecule has 2 unspecified atom stereocenters. The van der Waals surface area contributed by atoms with Crippen LogP contribution in [0.25, 0.3) is 0 Å². The molecule has 0 fully saturated rings. The summed E-state index contributed by atoms with van der Waals surface area (Å²) in [6.45, 7) is 0.610. The lowest BCUT2D eigenvalue weighted by molar-refractivity contribution is 0.0127. The van der Waals surface area contributed by atoms with Gasteiger partial charge in [-0.05, 0) is 32.1 Å². The average Bonchev–Trinajstić information content (AvgIpc) is 2.34. The number of benzene rings is 1. The topological polar surface area (TPSA) is 82.0 Å². The van der Waals surface area contributed by atoms with Crippen LogP contribution in [0.1, 0.15) is 18.1 Å². The minimum absolute atomic E-state index is 0.0579. The molecule has 0 saturated carbocycles. The van der Waals surface area contributed by atoms with Gasteiger partial charge in [-0.2, -0.15) is 0 Å². The Morgan fingerprint density at radius 3 is 2.65 bits per heavy atom. The maximum atomic E-state index is 9.98. The molecule has 0 aliphatic rings. The second kappa shape index (κ2) is 6.44. The number of aromatic hydroxyl groups is 1. The fraction of sp³-hybridized carbons (Fsp3) is 0.500. The van der Waals surface area contributed by atoms with Gasteiger partial charge in [0, 0.05) is 11.6 Å². The Balaban J connectivity index is 2.83. The van der Waals surface area contributed by atoms with Crippen LogP contribution in [0.3, 0.4) is 0 Å². The second-order valence-corrected chi connectivity index (χ2v) is 3.83. The lowest BCUT2D eigenvalue weighted by Crippen LogP contribution is -2.23. The molecule has 0 spiro atoms. The van der Waals surface area contributed by atoms with Gasteiger partial charge in [0.2, 0.25) is 0 Å². The first-order valence-corrected chi connectivity index (χ1v) is 5.47. The highest BCUT2D eigenvalue weighted by Crippen LogP contribution is 2.31. The molecule has 17 heavy (non-hydrogen) atoms. The lowest BCUT2D eigenvalue weighted by atomic mass is 10.0. The van der Waals surface area contributed by atoms with E-state index in [2.05, 4.69) is 5.32 Å². The molecule has 1 rings (SSSR count). The second-order valence-electron chi connectivity index (χ2n) is 3.83. The molecule has 0 amide bonds. The van der Waals surface area contributed by atoms with Crippen LogP contribution in [0.15, 0.2) is 18.2 Å². The molecule has 0 aromatic heterocycles. The van der Waals surface area contributed by atoms with Crippen molar-refractivity contribution < 1.29 is 20.1 Å². The highest BCUT2D eigenvalue weighted by Gasteiger charge is 2.21. The van der Waals surface area contributed by atoms with Gasteiger partial charge >= 0.3 is 0 Å². The summed E-state index contributed by atoms with van der Waals surface area (Å²) < 4.78 is 5.06. The third-order valence-electron chi connectivity index (χ3n) is 2.59. The SMILES string of the molecule is CNCCC(O)C(O)c1ccc(O)cc1OC. The third kappa shape index (κ3) is 3.59. The van der Waals surface area contributed by atoms with Crippen molar-refractivity contribution in [2.75, 3.05) is 20.7 Å². The van der Waals surface area contributed by atoms with Crippen LogP contribution in [-0.4, -0.2) is 42.1 Å². The lowest BCUT2D eigenvalue weighted by Gasteiger charge is -2.20. The third-order valence-corrected chi connectivity index (χ3v) is 2.59. The van der Waals surface area contributed by atoms with E-state index >= 15 is 0 Å². The zero-order valence-corrected chi connectivity index (χ0v) is 10.1. The predicted molar refractivity (Wildman–Crippen MR) is 64.2 cm³/mol. The van der Waals surface area contributed by atoms with E-state index < -0.39 is 12.2 Å². The van der Waals surface area contributed by atoms with Gasteiger partial charge < -0.3 is 25.4 Å². The summed E-state index contributed by atoms with van der Waals surface area (Å²) in [6.07, 6.45) is -1.47. The van der Waals surface area contributed by atoms with E-state index in [4.69, 9.17) is 4.74 Å². The fourth-order valence-corrected chi connectivity index (χ4v) is 1.60. The molecular formula is C12H19NO4. The van der Waals surface area contributed by atoms with Crippen molar-refractivity contribution >= 4 is 0 Å². The highest BCUT2D eigenvalue weighted by atomic mass is 16.5. The number of aliphatic hydroxyl groups is 2. The maximum Gasteiger partial charge on any atom is 0.128 e. The van der Waals surface area contributed by atoms with Crippen molar-refractivity contribution in [2.24, 2.45) is 0 Å². The van der Waals surface area contributed by atoms with Crippen LogP contribution in [-0.2, 0) is 0 Å². The fourth-order valence-electron chi connectivity index (χ4n) is 1.60. The molecule has 2 atom stereocenters. The van der Waals surface area contributed by atoms with Crippen molar-refractivity contribution in [1.82, 2.24) is 5.32 Å². The minimum atomic E-state index is -1.03. The van der Waals surface area contributed by atoms with Crippen LogP contribution >= 0.6 is 0 Å². The molecular weight excluding hydrogens is 222 g/mol. The van der Waals surface area contributed by atoms with Gasteiger partial charge in [0.15, 0.2) is 0 Å². The summed E-state index contributed by atoms with van der Waals surface area (Å²) in [7, 11) is 3.23. The van der Waals surface area contributed by atoms with Crippen molar-refractivity contribution in [3.63, 3.8) is 0 Å². The Labute approximate surface area is 101 Å². The van der Waals surface area contributed by atoms with Gasteiger partial charge in [-0.3, -0.25) is 0 Å². The molecule has 96 valence electrons. The standard InChI is InChI=1S/C12H19NO4/c1-13-6-5-10(15)12(16)9-4-3-8(14)7-11(9)17-2/h3-4,7,10,12-16H,5-6H2,1-2H3. The molecule has 0 radical (unpaired) electrons. The Bertz CT molecular complexity index is 356. The van der Waals surface area contributed by atoms with Gasteiger partial charge in [0.25, 0.3) is 0 Å². The van der Waals surface area contributed by atoms with Crippen molar-refractivity contribution in [1.29, 1.82) is 0 Å². The summed E-state index contributed by atoms with van der Waals surface area (Å²) in [5.74, 6) is 0.420. The van der Waals surface area contributed by atoms with Gasteiger partial charge in [0.1, 0.15) is 17.6 Å². The van der Waals surface area contributed by atoms with Gasteiger partial charge in [-0.15, -0.1) is 0 Å². The van der Waals surface area contributed by atoms with Crippen LogP contribution in [0, 0.1) is 0 Å². The molecule has 4 N–H and O–H groups in total. The molecule has 1 aromatic carbocycles. The molecule has 5 nitrogen and oxygen atoms in total. The molecule has 0 aliphatic heterocycles. The Morgan fingerprint density at radius 1 is 1.35 bits per heavy atom. The Kier molecular flexibility index (Phi) is 5.21. The van der Waals surface area contributed by atoms with Crippen molar-refractivity contribution in [3.05, 3.63) is 23.8 Å². The molecule has 0 bridgehead atoms. The first kappa shape index (κ1) is 13.8. The van der Waals surface area contributed by atoms with Crippen LogP contribution in [0.2, 0.25) is 0 Å². The van der Waals surface area contributed by atoms with E-state index in [1.807, 2.05) is 0 Å². The summed E-state index contributed by atoms with van der Waals surface area (Å²) in [6, 6.07) is 4.40. The number of hydrogen-bond acceptors (Lipinski definition) is 5. The van der Waals surface area contributed by atoms with Gasteiger partial charge in [-0.25, -0.2) is 0 Å². The minimum Gasteiger partial charge on any atom is -0.508 e. The largest absolute Gasteiger partial charge is 0.508 e. The molecule has 0 saturated heterocycles. The number of methoxy groups -OCH3 is 1. The van der Waals surface area contributed by atoms with Crippen molar-refractivity contribution in [2.45, 2.75) is 18.6 Å². The van der Waals surface area contributed by atoms with Crippen LogP contribution in [0.4, 0.5) is 0 Å². The maximum absolute atomic E-state index is 9.98. The average molecular weight is 241 g/mol. The predicted octanol–water partition coefficient (Wildman–Crippen LogP) is 0.405. The summed E-state index contributed by atoms with van der Waals surface area (Å²) in [5, 5.41) is 32.0. The number of nitrogens with one attached hydrogen (secondary N) is 1. The molecule has 0 heterocycles. The Hall–Kier alpha value is -1.30. The summed E-state index contributed by atoms with van der Waals surface area (Å²) in [5.41, 5.74) is 0.467. The number of aliphatic hydroxyl groups excluding tert-OH is 2. The van der Waals surface area contributed by atoms with Gasteiger partial charge in [0.05, 0.1) is 13.2 Å². The first-order valence-electron chi connectivity index (χ1n) is 5.47. The quantitative estimate of drug-likeness (QED) is 0.580. The summed E-state index contributed by atoms with van der Waals surface area (Å²) in [4.78, 5) is 0. The van der Waals surface area contributed by atoms with E-state index in [1.54, 1.807) is 13.1 Å². The number of ether oxygens (including phenoxy) is 1. The zero-order chi connectivity index (χ0) is 12.8. The number of phenolic OH excluding ortho intramolecular Hbond substituents is 1. The molecule has 1 aromatic rings. The number of hydrogen-bond donors (Lipinski definition) is 4.